The summed E-state index contributed by atoms with van der Waals surface area (Å²) >= 11 is 0. The number of primary amides is 1. The Hall–Kier alpha value is -1.59. The van der Waals surface area contributed by atoms with Gasteiger partial charge in [0.25, 0.3) is 0 Å². The Balaban J connectivity index is 0.00000242. The van der Waals surface area contributed by atoms with Gasteiger partial charge in [-0.1, -0.05) is 12.1 Å². The molecule has 0 radical (unpaired) electrons. The standard InChI is InChI=1S/C16H23N3O2.ClH/c1-11-9-14(6-8-18-11)16(21)19-7-5-12-3-2-4-13(10-12)15(17)20;/h2-4,10-11,14,18H,5-9H2,1H3,(H2,17,20)(H,19,21);1H/t11-,14-;/m0./s1. The van der Waals surface area contributed by atoms with Crippen LogP contribution in [0.3, 0.4) is 0 Å². The van der Waals surface area contributed by atoms with Crippen LogP contribution in [0.25, 0.3) is 0 Å². The lowest BCUT2D eigenvalue weighted by atomic mass is 9.92. The minimum absolute atomic E-state index is 0. The van der Waals surface area contributed by atoms with Crippen molar-refractivity contribution in [2.75, 3.05) is 13.1 Å². The highest BCUT2D eigenvalue weighted by atomic mass is 35.5. The van der Waals surface area contributed by atoms with E-state index in [4.69, 9.17) is 5.73 Å². The van der Waals surface area contributed by atoms with Crippen LogP contribution in [0.15, 0.2) is 24.3 Å². The maximum Gasteiger partial charge on any atom is 0.248 e. The van der Waals surface area contributed by atoms with Crippen molar-refractivity contribution in [2.24, 2.45) is 11.7 Å². The van der Waals surface area contributed by atoms with Gasteiger partial charge in [-0.3, -0.25) is 9.59 Å². The van der Waals surface area contributed by atoms with Crippen molar-refractivity contribution in [1.82, 2.24) is 10.6 Å². The van der Waals surface area contributed by atoms with Crippen molar-refractivity contribution in [2.45, 2.75) is 32.2 Å². The Morgan fingerprint density at radius 3 is 2.86 bits per heavy atom. The summed E-state index contributed by atoms with van der Waals surface area (Å²) in [7, 11) is 0. The average Bonchev–Trinajstić information content (AvgIpc) is 2.47. The van der Waals surface area contributed by atoms with Gasteiger partial charge in [0, 0.05) is 24.1 Å². The summed E-state index contributed by atoms with van der Waals surface area (Å²) in [6.45, 7) is 3.59. The van der Waals surface area contributed by atoms with Crippen LogP contribution in [0.5, 0.6) is 0 Å². The average molecular weight is 326 g/mol. The predicted molar refractivity (Wildman–Crippen MR) is 89.1 cm³/mol. The molecule has 22 heavy (non-hydrogen) atoms. The third-order valence-electron chi connectivity index (χ3n) is 3.92. The highest BCUT2D eigenvalue weighted by molar-refractivity contribution is 5.92. The smallest absolute Gasteiger partial charge is 0.248 e. The van der Waals surface area contributed by atoms with Crippen molar-refractivity contribution in [1.29, 1.82) is 0 Å². The Bertz CT molecular complexity index is 522. The molecule has 0 bridgehead atoms. The molecule has 1 heterocycles. The van der Waals surface area contributed by atoms with Crippen molar-refractivity contribution in [3.05, 3.63) is 35.4 Å². The van der Waals surface area contributed by atoms with E-state index in [0.29, 0.717) is 24.6 Å². The summed E-state index contributed by atoms with van der Waals surface area (Å²) in [6.07, 6.45) is 2.49. The van der Waals surface area contributed by atoms with Gasteiger partial charge in [-0.25, -0.2) is 0 Å². The summed E-state index contributed by atoms with van der Waals surface area (Å²) < 4.78 is 0. The molecule has 2 rings (SSSR count). The number of halogens is 1. The zero-order valence-electron chi connectivity index (χ0n) is 12.8. The van der Waals surface area contributed by atoms with E-state index < -0.39 is 5.91 Å². The number of hydrogen-bond acceptors (Lipinski definition) is 3. The van der Waals surface area contributed by atoms with Gasteiger partial charge in [0.15, 0.2) is 0 Å². The fraction of sp³-hybridized carbons (Fsp3) is 0.500. The molecular formula is C16H24ClN3O2. The normalized spacial score (nSPS) is 20.8. The molecule has 1 fully saturated rings. The summed E-state index contributed by atoms with van der Waals surface area (Å²) in [5.74, 6) is -0.183. The molecule has 0 unspecified atom stereocenters. The molecule has 1 aromatic rings. The number of benzene rings is 1. The number of amides is 2. The van der Waals surface area contributed by atoms with Crippen molar-refractivity contribution in [3.8, 4) is 0 Å². The minimum Gasteiger partial charge on any atom is -0.366 e. The lowest BCUT2D eigenvalue weighted by Crippen LogP contribution is -2.42. The number of piperidine rings is 1. The van der Waals surface area contributed by atoms with Gasteiger partial charge in [0.05, 0.1) is 0 Å². The molecule has 1 saturated heterocycles. The number of nitrogens with one attached hydrogen (secondary N) is 2. The summed E-state index contributed by atoms with van der Waals surface area (Å²) in [5, 5.41) is 6.33. The van der Waals surface area contributed by atoms with Crippen molar-refractivity contribution >= 4 is 24.2 Å². The fourth-order valence-electron chi connectivity index (χ4n) is 2.72. The first-order valence-electron chi connectivity index (χ1n) is 7.46. The first kappa shape index (κ1) is 18.5. The molecule has 0 aliphatic carbocycles. The fourth-order valence-corrected chi connectivity index (χ4v) is 2.72. The van der Waals surface area contributed by atoms with Gasteiger partial charge in [0.2, 0.25) is 11.8 Å². The maximum absolute atomic E-state index is 12.1. The van der Waals surface area contributed by atoms with Crippen LogP contribution >= 0.6 is 12.4 Å². The van der Waals surface area contributed by atoms with Crippen molar-refractivity contribution in [3.63, 3.8) is 0 Å². The number of carbonyl (C=O) groups is 2. The highest BCUT2D eigenvalue weighted by Crippen LogP contribution is 2.16. The lowest BCUT2D eigenvalue weighted by molar-refractivity contribution is -0.126. The zero-order valence-corrected chi connectivity index (χ0v) is 13.6. The maximum atomic E-state index is 12.1. The Morgan fingerprint density at radius 2 is 2.18 bits per heavy atom. The van der Waals surface area contributed by atoms with E-state index in [0.717, 1.165) is 24.9 Å². The molecule has 6 heteroatoms. The summed E-state index contributed by atoms with van der Waals surface area (Å²) in [4.78, 5) is 23.2. The number of nitrogens with two attached hydrogens (primary N) is 1. The molecule has 122 valence electrons. The number of rotatable bonds is 5. The Kier molecular flexibility index (Phi) is 7.35. The van der Waals surface area contributed by atoms with Gasteiger partial charge >= 0.3 is 0 Å². The minimum atomic E-state index is -0.426. The second-order valence-corrected chi connectivity index (χ2v) is 5.68. The van der Waals surface area contributed by atoms with Gasteiger partial charge in [-0.2, -0.15) is 0 Å². The zero-order chi connectivity index (χ0) is 15.2. The molecule has 2 amide bonds. The Morgan fingerprint density at radius 1 is 1.41 bits per heavy atom. The van der Waals surface area contributed by atoms with Crippen molar-refractivity contribution < 1.29 is 9.59 Å². The first-order chi connectivity index (χ1) is 10.1. The van der Waals surface area contributed by atoms with Crippen LogP contribution < -0.4 is 16.4 Å². The second kappa shape index (κ2) is 8.76. The molecule has 5 nitrogen and oxygen atoms in total. The van der Waals surface area contributed by atoms with Gasteiger partial charge in [-0.15, -0.1) is 12.4 Å². The monoisotopic (exact) mass is 325 g/mol. The number of carbonyl (C=O) groups excluding carboxylic acids is 2. The topological polar surface area (TPSA) is 84.2 Å². The van der Waals surface area contributed by atoms with Gasteiger partial charge < -0.3 is 16.4 Å². The third-order valence-corrected chi connectivity index (χ3v) is 3.92. The lowest BCUT2D eigenvalue weighted by Gasteiger charge is -2.27. The van der Waals surface area contributed by atoms with E-state index in [1.165, 1.54) is 0 Å². The molecule has 4 N–H and O–H groups in total. The van der Waals surface area contributed by atoms with E-state index in [1.54, 1.807) is 12.1 Å². The van der Waals surface area contributed by atoms with Crippen LogP contribution in [0.1, 0.15) is 35.7 Å². The first-order valence-corrected chi connectivity index (χ1v) is 7.46. The summed E-state index contributed by atoms with van der Waals surface area (Å²) in [5.41, 5.74) is 6.77. The molecule has 0 spiro atoms. The summed E-state index contributed by atoms with van der Waals surface area (Å²) in [6, 6.07) is 7.63. The molecular weight excluding hydrogens is 302 g/mol. The van der Waals surface area contributed by atoms with Crippen LogP contribution in [-0.4, -0.2) is 30.9 Å². The molecule has 0 aromatic heterocycles. The predicted octanol–water partition coefficient (Wildman–Crippen LogP) is 1.25. The van der Waals surface area contributed by atoms with E-state index in [1.807, 2.05) is 12.1 Å². The largest absolute Gasteiger partial charge is 0.366 e. The Labute approximate surface area is 137 Å². The SMILES string of the molecule is C[C@H]1C[C@@H](C(=O)NCCc2cccc(C(N)=O)c2)CCN1.Cl. The van der Waals surface area contributed by atoms with E-state index >= 15 is 0 Å². The van der Waals surface area contributed by atoms with Gasteiger partial charge in [-0.05, 0) is 50.4 Å². The van der Waals surface area contributed by atoms with E-state index in [-0.39, 0.29) is 24.2 Å². The van der Waals surface area contributed by atoms with Crippen LogP contribution in [0.4, 0.5) is 0 Å². The number of hydrogen-bond donors (Lipinski definition) is 3. The quantitative estimate of drug-likeness (QED) is 0.762. The van der Waals surface area contributed by atoms with Crippen LogP contribution in [0.2, 0.25) is 0 Å². The van der Waals surface area contributed by atoms with Crippen LogP contribution in [0, 0.1) is 5.92 Å². The second-order valence-electron chi connectivity index (χ2n) is 5.68. The van der Waals surface area contributed by atoms with Gasteiger partial charge in [0.1, 0.15) is 0 Å². The van der Waals surface area contributed by atoms with Crippen LogP contribution in [-0.2, 0) is 11.2 Å². The molecule has 0 saturated carbocycles. The third kappa shape index (κ3) is 5.31. The molecule has 1 aliphatic heterocycles. The highest BCUT2D eigenvalue weighted by Gasteiger charge is 2.24. The molecule has 1 aromatic carbocycles. The van der Waals surface area contributed by atoms with E-state index in [2.05, 4.69) is 17.6 Å². The molecule has 1 aliphatic rings. The molecule has 2 atom stereocenters. The van der Waals surface area contributed by atoms with E-state index in [9.17, 15) is 9.59 Å².